The zero-order valence-electron chi connectivity index (χ0n) is 8.65. The molecule has 0 spiro atoms. The van der Waals surface area contributed by atoms with Crippen molar-refractivity contribution in [2.24, 2.45) is 11.0 Å². The van der Waals surface area contributed by atoms with Gasteiger partial charge in [0.2, 0.25) is 0 Å². The molecule has 0 bridgehead atoms. The minimum atomic E-state index is -0.797. The number of ether oxygens (including phenoxy) is 1. The number of aliphatic hydroxyl groups is 2. The standard InChI is InChI=1S/C8H15N3O3S/c1-4-6(10-11-9)8(15-2)14-5(3-12)7(4)13/h4-8,12-13H,3H2,1-2H3. The van der Waals surface area contributed by atoms with Crippen molar-refractivity contribution in [3.63, 3.8) is 0 Å². The summed E-state index contributed by atoms with van der Waals surface area (Å²) >= 11 is 1.41. The van der Waals surface area contributed by atoms with Crippen molar-refractivity contribution < 1.29 is 14.9 Å². The summed E-state index contributed by atoms with van der Waals surface area (Å²) in [5.74, 6) is -0.218. The number of nitrogens with zero attached hydrogens (tertiary/aromatic N) is 3. The predicted octanol–water partition coefficient (Wildman–Crippen LogP) is 0.742. The molecule has 1 rings (SSSR count). The quantitative estimate of drug-likeness (QED) is 0.426. The van der Waals surface area contributed by atoms with Gasteiger partial charge in [-0.2, -0.15) is 0 Å². The normalized spacial score (nSPS) is 40.9. The molecule has 1 aliphatic rings. The maximum Gasteiger partial charge on any atom is 0.112 e. The first kappa shape index (κ1) is 12.6. The van der Waals surface area contributed by atoms with Gasteiger partial charge in [0.1, 0.15) is 11.5 Å². The lowest BCUT2D eigenvalue weighted by molar-refractivity contribution is -0.137. The van der Waals surface area contributed by atoms with Crippen LogP contribution < -0.4 is 0 Å². The third-order valence-corrected chi connectivity index (χ3v) is 3.50. The number of aliphatic hydroxyl groups excluding tert-OH is 2. The van der Waals surface area contributed by atoms with E-state index in [-0.39, 0.29) is 18.0 Å². The molecule has 0 aromatic rings. The Labute approximate surface area is 92.2 Å². The molecule has 7 heteroatoms. The highest BCUT2D eigenvalue weighted by atomic mass is 32.2. The number of hydrogen-bond acceptors (Lipinski definition) is 5. The monoisotopic (exact) mass is 233 g/mol. The van der Waals surface area contributed by atoms with Gasteiger partial charge < -0.3 is 14.9 Å². The van der Waals surface area contributed by atoms with E-state index in [1.807, 2.05) is 6.26 Å². The molecule has 0 aliphatic carbocycles. The van der Waals surface area contributed by atoms with Crippen molar-refractivity contribution in [1.82, 2.24) is 0 Å². The smallest absolute Gasteiger partial charge is 0.112 e. The fourth-order valence-corrected chi connectivity index (χ4v) is 2.52. The molecule has 1 saturated heterocycles. The van der Waals surface area contributed by atoms with Gasteiger partial charge in [-0.15, -0.1) is 11.8 Å². The van der Waals surface area contributed by atoms with Crippen LogP contribution in [0, 0.1) is 5.92 Å². The number of hydrogen-bond donors (Lipinski definition) is 2. The molecule has 5 unspecified atom stereocenters. The zero-order valence-corrected chi connectivity index (χ0v) is 9.46. The van der Waals surface area contributed by atoms with E-state index >= 15 is 0 Å². The maximum absolute atomic E-state index is 9.77. The van der Waals surface area contributed by atoms with Gasteiger partial charge in [0.05, 0.1) is 18.8 Å². The molecular formula is C8H15N3O3S. The first-order valence-electron chi connectivity index (χ1n) is 4.67. The summed E-state index contributed by atoms with van der Waals surface area (Å²) in [6, 6.07) is -0.400. The minimum absolute atomic E-state index is 0.218. The molecule has 86 valence electrons. The highest BCUT2D eigenvalue weighted by molar-refractivity contribution is 7.99. The van der Waals surface area contributed by atoms with Gasteiger partial charge in [0.25, 0.3) is 0 Å². The molecule has 1 fully saturated rings. The van der Waals surface area contributed by atoms with Crippen molar-refractivity contribution in [2.75, 3.05) is 12.9 Å². The summed E-state index contributed by atoms with van der Waals surface area (Å²) in [5, 5.41) is 22.4. The fraction of sp³-hybridized carbons (Fsp3) is 1.00. The fourth-order valence-electron chi connectivity index (χ4n) is 1.69. The number of rotatable bonds is 3. The van der Waals surface area contributed by atoms with Crippen molar-refractivity contribution in [3.05, 3.63) is 10.4 Å². The molecule has 0 saturated carbocycles. The Morgan fingerprint density at radius 1 is 1.60 bits per heavy atom. The topological polar surface area (TPSA) is 98.5 Å². The molecule has 0 radical (unpaired) electrons. The van der Waals surface area contributed by atoms with Crippen molar-refractivity contribution in [2.45, 2.75) is 30.6 Å². The summed E-state index contributed by atoms with van der Waals surface area (Å²) in [7, 11) is 0. The minimum Gasteiger partial charge on any atom is -0.394 e. The van der Waals surface area contributed by atoms with Gasteiger partial charge in [0, 0.05) is 4.91 Å². The Morgan fingerprint density at radius 3 is 2.73 bits per heavy atom. The summed E-state index contributed by atoms with van der Waals surface area (Å²) in [5.41, 5.74) is 8.11. The summed E-state index contributed by atoms with van der Waals surface area (Å²) in [4.78, 5) is 2.75. The van der Waals surface area contributed by atoms with E-state index in [1.165, 1.54) is 11.8 Å². The Bertz CT molecular complexity index is 258. The van der Waals surface area contributed by atoms with E-state index in [4.69, 9.17) is 15.4 Å². The highest BCUT2D eigenvalue weighted by Gasteiger charge is 2.41. The van der Waals surface area contributed by atoms with Gasteiger partial charge in [-0.25, -0.2) is 0 Å². The Balaban J connectivity index is 2.83. The first-order valence-corrected chi connectivity index (χ1v) is 5.95. The lowest BCUT2D eigenvalue weighted by atomic mass is 9.90. The maximum atomic E-state index is 9.77. The van der Waals surface area contributed by atoms with Crippen molar-refractivity contribution >= 4 is 11.8 Å². The van der Waals surface area contributed by atoms with E-state index in [2.05, 4.69) is 10.0 Å². The van der Waals surface area contributed by atoms with E-state index < -0.39 is 18.2 Å². The number of azide groups is 1. The predicted molar refractivity (Wildman–Crippen MR) is 57.4 cm³/mol. The molecule has 0 aromatic heterocycles. The Morgan fingerprint density at radius 2 is 2.27 bits per heavy atom. The summed E-state index contributed by atoms with van der Waals surface area (Å²) < 4.78 is 5.43. The van der Waals surface area contributed by atoms with Crippen LogP contribution in [0.1, 0.15) is 6.92 Å². The molecule has 5 atom stereocenters. The Hall–Kier alpha value is -0.460. The van der Waals surface area contributed by atoms with E-state index in [0.717, 1.165) is 0 Å². The van der Waals surface area contributed by atoms with Gasteiger partial charge >= 0.3 is 0 Å². The van der Waals surface area contributed by atoms with E-state index in [0.29, 0.717) is 0 Å². The Kier molecular flexibility index (Phi) is 4.69. The number of thioether (sulfide) groups is 1. The average Bonchev–Trinajstić information content (AvgIpc) is 2.25. The van der Waals surface area contributed by atoms with Crippen LogP contribution in [0.25, 0.3) is 10.4 Å². The third kappa shape index (κ3) is 2.56. The first-order chi connectivity index (χ1) is 7.15. The van der Waals surface area contributed by atoms with Crippen LogP contribution in [0.3, 0.4) is 0 Å². The molecular weight excluding hydrogens is 218 g/mol. The molecule has 6 nitrogen and oxygen atoms in total. The molecule has 0 amide bonds. The molecule has 15 heavy (non-hydrogen) atoms. The lowest BCUT2D eigenvalue weighted by Gasteiger charge is -2.40. The van der Waals surface area contributed by atoms with E-state index in [1.54, 1.807) is 6.92 Å². The van der Waals surface area contributed by atoms with Crippen molar-refractivity contribution in [3.8, 4) is 0 Å². The second-order valence-electron chi connectivity index (χ2n) is 3.51. The largest absolute Gasteiger partial charge is 0.394 e. The second-order valence-corrected chi connectivity index (χ2v) is 4.44. The van der Waals surface area contributed by atoms with E-state index in [9.17, 15) is 5.11 Å². The van der Waals surface area contributed by atoms with Crippen LogP contribution in [-0.2, 0) is 4.74 Å². The van der Waals surface area contributed by atoms with Gasteiger partial charge in [-0.05, 0) is 17.7 Å². The summed E-state index contributed by atoms with van der Waals surface area (Å²) in [6.07, 6.45) is 0.445. The average molecular weight is 233 g/mol. The van der Waals surface area contributed by atoms with Crippen molar-refractivity contribution in [1.29, 1.82) is 0 Å². The van der Waals surface area contributed by atoms with Crippen LogP contribution in [0.4, 0.5) is 0 Å². The van der Waals surface area contributed by atoms with Crippen LogP contribution in [0.5, 0.6) is 0 Å². The highest BCUT2D eigenvalue weighted by Crippen LogP contribution is 2.32. The summed E-state index contributed by atoms with van der Waals surface area (Å²) in [6.45, 7) is 1.56. The van der Waals surface area contributed by atoms with Gasteiger partial charge in [-0.3, -0.25) is 0 Å². The van der Waals surface area contributed by atoms with Gasteiger partial charge in [-0.1, -0.05) is 12.0 Å². The van der Waals surface area contributed by atoms with Gasteiger partial charge in [0.15, 0.2) is 0 Å². The van der Waals surface area contributed by atoms with Crippen LogP contribution in [-0.4, -0.2) is 46.8 Å². The molecule has 2 N–H and O–H groups in total. The van der Waals surface area contributed by atoms with Crippen LogP contribution in [0.2, 0.25) is 0 Å². The van der Waals surface area contributed by atoms with Crippen LogP contribution >= 0.6 is 11.8 Å². The lowest BCUT2D eigenvalue weighted by Crippen LogP contribution is -2.52. The van der Waals surface area contributed by atoms with Crippen LogP contribution in [0.15, 0.2) is 5.11 Å². The molecule has 1 heterocycles. The third-order valence-electron chi connectivity index (χ3n) is 2.64. The SMILES string of the molecule is CSC1OC(CO)C(O)C(C)C1N=[N+]=[N-]. The second kappa shape index (κ2) is 5.58. The zero-order chi connectivity index (χ0) is 11.4. The molecule has 1 aliphatic heterocycles. The molecule has 0 aromatic carbocycles.